The van der Waals surface area contributed by atoms with Crippen molar-refractivity contribution in [2.45, 2.75) is 64.1 Å². The number of carbonyl (C=O) groups excluding carboxylic acids is 2. The lowest BCUT2D eigenvalue weighted by Gasteiger charge is -2.35. The zero-order valence-electron chi connectivity index (χ0n) is 28.5. The number of amides is 2. The Morgan fingerprint density at radius 2 is 1.53 bits per heavy atom. The third-order valence-electron chi connectivity index (χ3n) is 7.98. The number of nitrogens with zero attached hydrogens (tertiary/aromatic N) is 3. The maximum Gasteiger partial charge on any atom is 0.273 e. The molecule has 0 saturated carbocycles. The molecule has 0 aromatic heterocycles. The predicted molar refractivity (Wildman–Crippen MR) is 189 cm³/mol. The van der Waals surface area contributed by atoms with Gasteiger partial charge in [0.05, 0.1) is 22.6 Å². The topological polar surface area (TPSA) is 139 Å². The number of aryl methyl sites for hydroxylation is 2. The summed E-state index contributed by atoms with van der Waals surface area (Å²) in [6, 6.07) is 25.5. The summed E-state index contributed by atoms with van der Waals surface area (Å²) < 4.78 is 34.9. The number of nitrogens with one attached hydrogen (secondary N) is 1. The van der Waals surface area contributed by atoms with Crippen molar-refractivity contribution in [1.29, 1.82) is 0 Å². The molecule has 0 unspecified atom stereocenters. The van der Waals surface area contributed by atoms with Crippen LogP contribution in [0.3, 0.4) is 0 Å². The maximum absolute atomic E-state index is 14.7. The number of anilines is 1. The highest BCUT2D eigenvalue weighted by molar-refractivity contribution is 7.92. The largest absolute Gasteiger partial charge is 0.497 e. The van der Waals surface area contributed by atoms with Crippen LogP contribution in [0.15, 0.2) is 102 Å². The number of rotatable bonds is 13. The van der Waals surface area contributed by atoms with Gasteiger partial charge in [0.25, 0.3) is 15.7 Å². The van der Waals surface area contributed by atoms with Crippen molar-refractivity contribution in [3.05, 3.63) is 129 Å². The van der Waals surface area contributed by atoms with Crippen LogP contribution in [0.5, 0.6) is 5.75 Å². The van der Waals surface area contributed by atoms with Gasteiger partial charge in [-0.1, -0.05) is 60.7 Å². The van der Waals surface area contributed by atoms with Crippen molar-refractivity contribution < 1.29 is 27.7 Å². The summed E-state index contributed by atoms with van der Waals surface area (Å²) in [5, 5.41) is 14.8. The lowest BCUT2D eigenvalue weighted by molar-refractivity contribution is -0.385. The fourth-order valence-electron chi connectivity index (χ4n) is 5.33. The molecule has 4 aromatic carbocycles. The van der Waals surface area contributed by atoms with E-state index in [-0.39, 0.29) is 34.8 Å². The Morgan fingerprint density at radius 1 is 0.898 bits per heavy atom. The average Bonchev–Trinajstić information content (AvgIpc) is 3.05. The number of carbonyl (C=O) groups is 2. The highest BCUT2D eigenvalue weighted by Crippen LogP contribution is 2.30. The van der Waals surface area contributed by atoms with E-state index in [1.807, 2.05) is 82.3 Å². The number of hydrogen-bond donors (Lipinski definition) is 1. The maximum atomic E-state index is 14.7. The second-order valence-corrected chi connectivity index (χ2v) is 14.7. The molecule has 0 aliphatic rings. The van der Waals surface area contributed by atoms with Gasteiger partial charge in [0.15, 0.2) is 0 Å². The Labute approximate surface area is 287 Å². The minimum atomic E-state index is -4.55. The van der Waals surface area contributed by atoms with Crippen molar-refractivity contribution in [3.8, 4) is 5.75 Å². The standard InChI is InChI=1S/C37H42N4O7S/c1-26-12-10-11-15-29(26)24-39(34(36(43)38-37(3,4)5)22-28-13-8-7-9-14-28)35(42)25-40(30-17-19-31(48-6)20-18-30)49(46,47)32-21-16-27(2)33(23-32)41(44)45/h7-21,23,34H,22,24-25H2,1-6H3,(H,38,43)/t34-/m1/s1. The fraction of sp³-hybridized carbons (Fsp3) is 0.297. The number of sulfonamides is 1. The Balaban J connectivity index is 1.86. The summed E-state index contributed by atoms with van der Waals surface area (Å²) in [5.41, 5.74) is 1.91. The SMILES string of the molecule is COc1ccc(N(CC(=O)N(Cc2ccccc2C)[C@H](Cc2ccccc2)C(=O)NC(C)(C)C)S(=O)(=O)c2ccc(C)c([N+](=O)[O-])c2)cc1. The molecule has 1 N–H and O–H groups in total. The molecular weight excluding hydrogens is 644 g/mol. The van der Waals surface area contributed by atoms with Crippen LogP contribution in [0.4, 0.5) is 11.4 Å². The Kier molecular flexibility index (Phi) is 11.5. The third kappa shape index (κ3) is 9.23. The van der Waals surface area contributed by atoms with Gasteiger partial charge in [-0.3, -0.25) is 24.0 Å². The molecule has 0 saturated heterocycles. The number of benzene rings is 4. The van der Waals surface area contributed by atoms with E-state index in [0.29, 0.717) is 5.75 Å². The molecule has 11 nitrogen and oxygen atoms in total. The monoisotopic (exact) mass is 686 g/mol. The summed E-state index contributed by atoms with van der Waals surface area (Å²) in [5.74, 6) is -0.582. The van der Waals surface area contributed by atoms with E-state index in [2.05, 4.69) is 5.32 Å². The van der Waals surface area contributed by atoms with Gasteiger partial charge >= 0.3 is 0 Å². The first-order valence-corrected chi connectivity index (χ1v) is 17.2. The molecule has 49 heavy (non-hydrogen) atoms. The lowest BCUT2D eigenvalue weighted by Crippen LogP contribution is -2.56. The van der Waals surface area contributed by atoms with E-state index >= 15 is 0 Å². The number of nitro benzene ring substituents is 1. The van der Waals surface area contributed by atoms with Crippen molar-refractivity contribution >= 4 is 33.2 Å². The minimum absolute atomic E-state index is 0.0209. The first-order chi connectivity index (χ1) is 23.1. The number of ether oxygens (including phenoxy) is 1. The molecule has 0 bridgehead atoms. The zero-order valence-corrected chi connectivity index (χ0v) is 29.4. The number of hydrogen-bond acceptors (Lipinski definition) is 7. The lowest BCUT2D eigenvalue weighted by atomic mass is 10.00. The van der Waals surface area contributed by atoms with Crippen LogP contribution in [-0.4, -0.2) is 55.3 Å². The van der Waals surface area contributed by atoms with Crippen LogP contribution in [0.25, 0.3) is 0 Å². The molecule has 2 amide bonds. The average molecular weight is 687 g/mol. The van der Waals surface area contributed by atoms with E-state index < -0.39 is 44.9 Å². The van der Waals surface area contributed by atoms with Crippen LogP contribution < -0.4 is 14.4 Å². The predicted octanol–water partition coefficient (Wildman–Crippen LogP) is 5.97. The zero-order chi connectivity index (χ0) is 35.9. The van der Waals surface area contributed by atoms with Gasteiger partial charge in [0, 0.05) is 30.1 Å². The van der Waals surface area contributed by atoms with Gasteiger partial charge in [-0.2, -0.15) is 0 Å². The normalized spacial score (nSPS) is 12.1. The van der Waals surface area contributed by atoms with Gasteiger partial charge in [0.1, 0.15) is 18.3 Å². The summed E-state index contributed by atoms with van der Waals surface area (Å²) in [4.78, 5) is 40.9. The van der Waals surface area contributed by atoms with Crippen LogP contribution in [0, 0.1) is 24.0 Å². The van der Waals surface area contributed by atoms with E-state index in [1.165, 1.54) is 43.2 Å². The molecule has 0 fully saturated rings. The summed E-state index contributed by atoms with van der Waals surface area (Å²) in [6.45, 7) is 8.27. The second-order valence-electron chi connectivity index (χ2n) is 12.8. The molecule has 0 radical (unpaired) electrons. The van der Waals surface area contributed by atoms with Gasteiger partial charge in [-0.25, -0.2) is 8.42 Å². The molecule has 4 rings (SSSR count). The smallest absolute Gasteiger partial charge is 0.273 e. The Morgan fingerprint density at radius 3 is 2.12 bits per heavy atom. The molecule has 0 heterocycles. The summed E-state index contributed by atoms with van der Waals surface area (Å²) >= 11 is 0. The van der Waals surface area contributed by atoms with Crippen LogP contribution in [0.1, 0.15) is 43.0 Å². The first kappa shape index (κ1) is 36.6. The Bertz CT molecular complexity index is 1910. The first-order valence-electron chi connectivity index (χ1n) is 15.7. The van der Waals surface area contributed by atoms with Crippen LogP contribution in [0.2, 0.25) is 0 Å². The molecule has 0 aliphatic carbocycles. The van der Waals surface area contributed by atoms with Crippen molar-refractivity contribution in [3.63, 3.8) is 0 Å². The molecule has 0 spiro atoms. The van der Waals surface area contributed by atoms with E-state index in [1.54, 1.807) is 12.1 Å². The van der Waals surface area contributed by atoms with E-state index in [9.17, 15) is 28.1 Å². The highest BCUT2D eigenvalue weighted by atomic mass is 32.2. The Hall–Kier alpha value is -5.23. The fourth-order valence-corrected chi connectivity index (χ4v) is 6.76. The molecule has 0 aliphatic heterocycles. The number of methoxy groups -OCH3 is 1. The van der Waals surface area contributed by atoms with Crippen LogP contribution >= 0.6 is 0 Å². The molecular formula is C37H42N4O7S. The van der Waals surface area contributed by atoms with Crippen molar-refractivity contribution in [2.75, 3.05) is 18.0 Å². The van der Waals surface area contributed by atoms with Gasteiger partial charge < -0.3 is 15.0 Å². The second kappa shape index (κ2) is 15.3. The molecule has 258 valence electrons. The summed E-state index contributed by atoms with van der Waals surface area (Å²) in [6.07, 6.45) is 0.166. The molecule has 12 heteroatoms. The molecule has 1 atom stereocenters. The quantitative estimate of drug-likeness (QED) is 0.135. The van der Waals surface area contributed by atoms with Crippen molar-refractivity contribution in [1.82, 2.24) is 10.2 Å². The third-order valence-corrected chi connectivity index (χ3v) is 9.75. The van der Waals surface area contributed by atoms with Gasteiger partial charge in [-0.15, -0.1) is 0 Å². The number of nitro groups is 1. The van der Waals surface area contributed by atoms with Crippen LogP contribution in [-0.2, 0) is 32.6 Å². The highest BCUT2D eigenvalue weighted by Gasteiger charge is 2.36. The van der Waals surface area contributed by atoms with Gasteiger partial charge in [0.2, 0.25) is 11.8 Å². The van der Waals surface area contributed by atoms with E-state index in [4.69, 9.17) is 4.74 Å². The van der Waals surface area contributed by atoms with Gasteiger partial charge in [-0.05, 0) is 81.6 Å². The van der Waals surface area contributed by atoms with E-state index in [0.717, 1.165) is 27.1 Å². The summed E-state index contributed by atoms with van der Waals surface area (Å²) in [7, 11) is -3.08. The molecule has 4 aromatic rings. The minimum Gasteiger partial charge on any atom is -0.497 e. The van der Waals surface area contributed by atoms with Crippen molar-refractivity contribution in [2.24, 2.45) is 0 Å².